The van der Waals surface area contributed by atoms with Gasteiger partial charge in [0.1, 0.15) is 23.9 Å². The Morgan fingerprint density at radius 2 is 1.40 bits per heavy atom. The molecule has 0 fully saturated rings. The Morgan fingerprint density at radius 1 is 0.771 bits per heavy atom. The lowest BCUT2D eigenvalue weighted by molar-refractivity contribution is -0.137. The van der Waals surface area contributed by atoms with E-state index in [0.29, 0.717) is 26.2 Å². The maximum absolute atomic E-state index is 10.6. The van der Waals surface area contributed by atoms with Gasteiger partial charge >= 0.3 is 5.97 Å². The number of phenols is 2. The largest absolute Gasteiger partial charge is 0.508 e. The molecule has 184 valence electrons. The number of hydrogen-bond donors (Lipinski definition) is 3. The molecule has 0 spiro atoms. The van der Waals surface area contributed by atoms with E-state index in [1.54, 1.807) is 24.3 Å². The zero-order valence-electron chi connectivity index (χ0n) is 19.9. The van der Waals surface area contributed by atoms with Gasteiger partial charge in [-0.25, -0.2) is 0 Å². The van der Waals surface area contributed by atoms with Crippen LogP contribution in [0.1, 0.15) is 49.3 Å². The fraction of sp³-hybridized carbons (Fsp3) is 0.276. The van der Waals surface area contributed by atoms with Gasteiger partial charge < -0.3 is 24.8 Å². The number of ether oxygens (including phenoxy) is 2. The van der Waals surface area contributed by atoms with Gasteiger partial charge in [0.15, 0.2) is 0 Å². The molecule has 3 rings (SSSR count). The number of aliphatic carboxylic acids is 1. The molecular formula is C29H32O6. The van der Waals surface area contributed by atoms with Crippen LogP contribution in [0.15, 0.2) is 72.8 Å². The summed E-state index contributed by atoms with van der Waals surface area (Å²) >= 11 is 0. The summed E-state index contributed by atoms with van der Waals surface area (Å²) in [6.45, 7) is 3.27. The first-order chi connectivity index (χ1) is 17.0. The first-order valence-corrected chi connectivity index (χ1v) is 11.8. The van der Waals surface area contributed by atoms with E-state index in [-0.39, 0.29) is 17.9 Å². The summed E-state index contributed by atoms with van der Waals surface area (Å²) in [5.74, 6) is 0.311. The minimum atomic E-state index is -0.823. The molecule has 0 unspecified atom stereocenters. The van der Waals surface area contributed by atoms with E-state index in [4.69, 9.17) is 14.6 Å². The normalized spacial score (nSPS) is 10.7. The van der Waals surface area contributed by atoms with Crippen molar-refractivity contribution in [3.8, 4) is 17.2 Å². The van der Waals surface area contributed by atoms with Crippen LogP contribution in [0.5, 0.6) is 17.2 Å². The monoisotopic (exact) mass is 476 g/mol. The van der Waals surface area contributed by atoms with Gasteiger partial charge in [-0.1, -0.05) is 49.7 Å². The van der Waals surface area contributed by atoms with Crippen molar-refractivity contribution < 1.29 is 29.6 Å². The summed E-state index contributed by atoms with van der Waals surface area (Å²) in [4.78, 5) is 10.6. The van der Waals surface area contributed by atoms with Crippen molar-refractivity contribution in [3.63, 3.8) is 0 Å². The third-order valence-electron chi connectivity index (χ3n) is 5.47. The van der Waals surface area contributed by atoms with Crippen molar-refractivity contribution in [3.05, 3.63) is 89.5 Å². The first-order valence-electron chi connectivity index (χ1n) is 11.8. The van der Waals surface area contributed by atoms with Gasteiger partial charge in [0.05, 0.1) is 6.61 Å². The van der Waals surface area contributed by atoms with Crippen LogP contribution in [-0.2, 0) is 9.53 Å². The lowest BCUT2D eigenvalue weighted by Crippen LogP contribution is -2.08. The standard InChI is InChI=1S/C29H32O6/c1-2-5-27(23-6-3-7-26(20-23)35-19-18-34-17-4-8-28(32)33)29(21-9-13-24(30)14-10-21)22-11-15-25(31)16-12-22/h3,6-7,9-16,20,30-31H,2,4-5,8,17-19H2,1H3,(H,32,33). The van der Waals surface area contributed by atoms with Crippen LogP contribution in [-0.4, -0.2) is 41.1 Å². The SMILES string of the molecule is CCCC(=C(c1ccc(O)cc1)c1ccc(O)cc1)c1cccc(OCCOCCCC(=O)O)c1. The Bertz CT molecular complexity index is 1070. The summed E-state index contributed by atoms with van der Waals surface area (Å²) in [6.07, 6.45) is 2.34. The fourth-order valence-corrected chi connectivity index (χ4v) is 3.85. The Hall–Kier alpha value is -3.77. The third kappa shape index (κ3) is 7.90. The van der Waals surface area contributed by atoms with Crippen molar-refractivity contribution in [1.82, 2.24) is 0 Å². The molecule has 0 heterocycles. The van der Waals surface area contributed by atoms with E-state index in [9.17, 15) is 15.0 Å². The van der Waals surface area contributed by atoms with Gasteiger partial charge in [0, 0.05) is 13.0 Å². The molecule has 0 aliphatic heterocycles. The first kappa shape index (κ1) is 25.8. The van der Waals surface area contributed by atoms with Gasteiger partial charge in [-0.2, -0.15) is 0 Å². The number of carboxylic acids is 1. The molecular weight excluding hydrogens is 444 g/mol. The van der Waals surface area contributed by atoms with E-state index in [1.807, 2.05) is 42.5 Å². The number of aromatic hydroxyl groups is 2. The number of allylic oxidation sites excluding steroid dienone is 1. The summed E-state index contributed by atoms with van der Waals surface area (Å²) in [6, 6.07) is 22.2. The second-order valence-corrected chi connectivity index (χ2v) is 8.18. The molecule has 3 N–H and O–H groups in total. The highest BCUT2D eigenvalue weighted by molar-refractivity contribution is 5.98. The van der Waals surface area contributed by atoms with Crippen molar-refractivity contribution in [1.29, 1.82) is 0 Å². The van der Waals surface area contributed by atoms with Gasteiger partial charge in [-0.05, 0) is 77.1 Å². The number of carboxylic acid groups (broad SMARTS) is 1. The average molecular weight is 477 g/mol. The topological polar surface area (TPSA) is 96.2 Å². The van der Waals surface area contributed by atoms with E-state index in [2.05, 4.69) is 13.0 Å². The molecule has 0 aliphatic carbocycles. The zero-order valence-corrected chi connectivity index (χ0v) is 19.9. The maximum atomic E-state index is 10.6. The van der Waals surface area contributed by atoms with Gasteiger partial charge in [-0.15, -0.1) is 0 Å². The van der Waals surface area contributed by atoms with Crippen LogP contribution < -0.4 is 4.74 Å². The number of hydrogen-bond acceptors (Lipinski definition) is 5. The van der Waals surface area contributed by atoms with Crippen molar-refractivity contribution in [2.75, 3.05) is 19.8 Å². The predicted octanol–water partition coefficient (Wildman–Crippen LogP) is 6.12. The highest BCUT2D eigenvalue weighted by Crippen LogP contribution is 2.37. The Labute approximate surface area is 206 Å². The summed E-state index contributed by atoms with van der Waals surface area (Å²) in [5, 5.41) is 28.3. The molecule has 6 heteroatoms. The molecule has 0 radical (unpaired) electrons. The fourth-order valence-electron chi connectivity index (χ4n) is 3.85. The third-order valence-corrected chi connectivity index (χ3v) is 5.47. The van der Waals surface area contributed by atoms with E-state index in [0.717, 1.165) is 46.4 Å². The van der Waals surface area contributed by atoms with Gasteiger partial charge in [-0.3, -0.25) is 4.79 Å². The number of phenolic OH excluding ortho intramolecular Hbond substituents is 2. The summed E-state index contributed by atoms with van der Waals surface area (Å²) in [7, 11) is 0. The molecule has 0 aromatic heterocycles. The van der Waals surface area contributed by atoms with E-state index >= 15 is 0 Å². The Morgan fingerprint density at radius 3 is 1.97 bits per heavy atom. The van der Waals surface area contributed by atoms with Crippen molar-refractivity contribution in [2.45, 2.75) is 32.6 Å². The molecule has 0 amide bonds. The highest BCUT2D eigenvalue weighted by atomic mass is 16.5. The van der Waals surface area contributed by atoms with Crippen LogP contribution in [0.4, 0.5) is 0 Å². The molecule has 0 atom stereocenters. The zero-order chi connectivity index (χ0) is 25.0. The second-order valence-electron chi connectivity index (χ2n) is 8.18. The molecule has 0 bridgehead atoms. The van der Waals surface area contributed by atoms with Crippen LogP contribution >= 0.6 is 0 Å². The number of benzene rings is 3. The average Bonchev–Trinajstić information content (AvgIpc) is 2.85. The smallest absolute Gasteiger partial charge is 0.303 e. The van der Waals surface area contributed by atoms with Crippen LogP contribution in [0, 0.1) is 0 Å². The lowest BCUT2D eigenvalue weighted by Gasteiger charge is -2.18. The van der Waals surface area contributed by atoms with Crippen LogP contribution in [0.25, 0.3) is 11.1 Å². The Balaban J connectivity index is 1.87. The van der Waals surface area contributed by atoms with Gasteiger partial charge in [0.25, 0.3) is 0 Å². The van der Waals surface area contributed by atoms with Gasteiger partial charge in [0.2, 0.25) is 0 Å². The van der Waals surface area contributed by atoms with Crippen LogP contribution in [0.2, 0.25) is 0 Å². The molecule has 3 aromatic carbocycles. The highest BCUT2D eigenvalue weighted by Gasteiger charge is 2.15. The van der Waals surface area contributed by atoms with E-state index in [1.165, 1.54) is 0 Å². The molecule has 35 heavy (non-hydrogen) atoms. The quantitative estimate of drug-likeness (QED) is 0.203. The Kier molecular flexibility index (Phi) is 9.75. The molecule has 0 saturated carbocycles. The number of carbonyl (C=O) groups is 1. The lowest BCUT2D eigenvalue weighted by atomic mass is 9.87. The van der Waals surface area contributed by atoms with Crippen molar-refractivity contribution >= 4 is 17.1 Å². The summed E-state index contributed by atoms with van der Waals surface area (Å²) in [5.41, 5.74) is 5.14. The second kappa shape index (κ2) is 13.2. The van der Waals surface area contributed by atoms with Crippen molar-refractivity contribution in [2.24, 2.45) is 0 Å². The summed E-state index contributed by atoms with van der Waals surface area (Å²) < 4.78 is 11.4. The minimum absolute atomic E-state index is 0.0971. The minimum Gasteiger partial charge on any atom is -0.508 e. The maximum Gasteiger partial charge on any atom is 0.303 e. The molecule has 3 aromatic rings. The molecule has 0 saturated heterocycles. The number of rotatable bonds is 13. The van der Waals surface area contributed by atoms with E-state index < -0.39 is 5.97 Å². The molecule has 0 aliphatic rings. The van der Waals surface area contributed by atoms with Crippen LogP contribution in [0.3, 0.4) is 0 Å². The molecule has 6 nitrogen and oxygen atoms in total. The predicted molar refractivity (Wildman–Crippen MR) is 137 cm³/mol.